The molecule has 0 heterocycles. The molecule has 2 aromatic carbocycles. The Hall–Kier alpha value is -1.73. The lowest BCUT2D eigenvalue weighted by Crippen LogP contribution is -2.06. The van der Waals surface area contributed by atoms with E-state index in [1.165, 1.54) is 11.1 Å². The number of benzene rings is 2. The molecule has 0 amide bonds. The van der Waals surface area contributed by atoms with E-state index in [0.29, 0.717) is 11.5 Å². The summed E-state index contributed by atoms with van der Waals surface area (Å²) in [6.07, 6.45) is 8.02. The van der Waals surface area contributed by atoms with Crippen LogP contribution in [0, 0.1) is 0 Å². The Morgan fingerprint density at radius 3 is 1.38 bits per heavy atom. The van der Waals surface area contributed by atoms with Gasteiger partial charge in [0.15, 0.2) is 0 Å². The standard InChI is InChI=1S/C25H37O3P/c1-6-12-20-16-10-18-24(22(20)14-8-3)27-29(5,26)28-25-19-11-17-21(13-7-2)23(25)15-9-4/h10-11,16-19H,6-9,12-15H2,1-5H3. The molecular weight excluding hydrogens is 379 g/mol. The maximum atomic E-state index is 13.4. The molecule has 29 heavy (non-hydrogen) atoms. The van der Waals surface area contributed by atoms with Crippen molar-refractivity contribution in [1.82, 2.24) is 0 Å². The van der Waals surface area contributed by atoms with Crippen LogP contribution >= 0.6 is 7.60 Å². The Bertz CT molecular complexity index is 763. The quantitative estimate of drug-likeness (QED) is 0.331. The van der Waals surface area contributed by atoms with E-state index in [2.05, 4.69) is 39.8 Å². The van der Waals surface area contributed by atoms with Crippen molar-refractivity contribution in [2.75, 3.05) is 6.66 Å². The van der Waals surface area contributed by atoms with Crippen LogP contribution in [0.5, 0.6) is 11.5 Å². The van der Waals surface area contributed by atoms with Crippen molar-refractivity contribution in [1.29, 1.82) is 0 Å². The number of hydrogen-bond donors (Lipinski definition) is 0. The van der Waals surface area contributed by atoms with Crippen LogP contribution < -0.4 is 9.05 Å². The van der Waals surface area contributed by atoms with Gasteiger partial charge in [-0.3, -0.25) is 0 Å². The lowest BCUT2D eigenvalue weighted by molar-refractivity contribution is 0.389. The average molecular weight is 417 g/mol. The van der Waals surface area contributed by atoms with Gasteiger partial charge in [-0.1, -0.05) is 77.6 Å². The highest BCUT2D eigenvalue weighted by atomic mass is 31.2. The fraction of sp³-hybridized carbons (Fsp3) is 0.520. The highest BCUT2D eigenvalue weighted by molar-refractivity contribution is 7.53. The fourth-order valence-corrected chi connectivity index (χ4v) is 4.94. The van der Waals surface area contributed by atoms with Crippen LogP contribution in [0.15, 0.2) is 36.4 Å². The molecule has 0 aliphatic heterocycles. The predicted octanol–water partition coefficient (Wildman–Crippen LogP) is 7.78. The summed E-state index contributed by atoms with van der Waals surface area (Å²) in [7, 11) is -3.32. The molecule has 160 valence electrons. The molecule has 0 aliphatic rings. The summed E-state index contributed by atoms with van der Waals surface area (Å²) in [5, 5.41) is 0. The molecule has 0 unspecified atom stereocenters. The zero-order chi connectivity index (χ0) is 21.3. The van der Waals surface area contributed by atoms with Crippen molar-refractivity contribution in [3.05, 3.63) is 58.7 Å². The maximum Gasteiger partial charge on any atom is 0.427 e. The predicted molar refractivity (Wildman–Crippen MR) is 124 cm³/mol. The molecule has 0 fully saturated rings. The smallest absolute Gasteiger partial charge is 0.416 e. The molecule has 2 rings (SSSR count). The van der Waals surface area contributed by atoms with Crippen molar-refractivity contribution in [2.45, 2.75) is 79.1 Å². The third-order valence-corrected chi connectivity index (χ3v) is 6.08. The molecule has 0 spiro atoms. The van der Waals surface area contributed by atoms with Gasteiger partial charge in [0.25, 0.3) is 0 Å². The van der Waals surface area contributed by atoms with Crippen LogP contribution in [0.4, 0.5) is 0 Å². The highest BCUT2D eigenvalue weighted by Gasteiger charge is 2.24. The van der Waals surface area contributed by atoms with Crippen molar-refractivity contribution in [3.8, 4) is 11.5 Å². The summed E-state index contributed by atoms with van der Waals surface area (Å²) in [4.78, 5) is 0. The Morgan fingerprint density at radius 1 is 0.655 bits per heavy atom. The van der Waals surface area contributed by atoms with Gasteiger partial charge in [0.2, 0.25) is 0 Å². The van der Waals surface area contributed by atoms with Gasteiger partial charge < -0.3 is 9.05 Å². The van der Waals surface area contributed by atoms with Gasteiger partial charge in [-0.25, -0.2) is 4.57 Å². The number of hydrogen-bond acceptors (Lipinski definition) is 3. The van der Waals surface area contributed by atoms with Crippen molar-refractivity contribution >= 4 is 7.60 Å². The van der Waals surface area contributed by atoms with Crippen LogP contribution in [0.1, 0.15) is 75.6 Å². The van der Waals surface area contributed by atoms with Gasteiger partial charge in [0.05, 0.1) is 6.66 Å². The lowest BCUT2D eigenvalue weighted by Gasteiger charge is -2.22. The zero-order valence-corrected chi connectivity index (χ0v) is 19.7. The Labute approximate surface area is 177 Å². The van der Waals surface area contributed by atoms with E-state index in [0.717, 1.165) is 62.5 Å². The Kier molecular flexibility index (Phi) is 9.30. The summed E-state index contributed by atoms with van der Waals surface area (Å²) >= 11 is 0. The van der Waals surface area contributed by atoms with Crippen LogP contribution in [-0.2, 0) is 30.2 Å². The highest BCUT2D eigenvalue weighted by Crippen LogP contribution is 2.47. The molecule has 0 bridgehead atoms. The van der Waals surface area contributed by atoms with E-state index >= 15 is 0 Å². The minimum absolute atomic E-state index is 0.699. The van der Waals surface area contributed by atoms with E-state index in [4.69, 9.17) is 9.05 Å². The average Bonchev–Trinajstić information content (AvgIpc) is 2.67. The first kappa shape index (κ1) is 23.5. The monoisotopic (exact) mass is 416 g/mol. The van der Waals surface area contributed by atoms with E-state index in [9.17, 15) is 4.57 Å². The van der Waals surface area contributed by atoms with Crippen molar-refractivity contribution < 1.29 is 13.6 Å². The minimum atomic E-state index is -3.32. The molecule has 0 radical (unpaired) electrons. The van der Waals surface area contributed by atoms with Gasteiger partial charge in [-0.15, -0.1) is 0 Å². The molecule has 3 nitrogen and oxygen atoms in total. The first-order valence-corrected chi connectivity index (χ1v) is 13.1. The van der Waals surface area contributed by atoms with E-state index in [1.807, 2.05) is 24.3 Å². The number of aryl methyl sites for hydroxylation is 2. The third-order valence-electron chi connectivity index (χ3n) is 5.03. The molecule has 2 aromatic rings. The van der Waals surface area contributed by atoms with Gasteiger partial charge in [0, 0.05) is 0 Å². The van der Waals surface area contributed by atoms with E-state index in [1.54, 1.807) is 6.66 Å². The fourth-order valence-electron chi connectivity index (χ4n) is 3.84. The maximum absolute atomic E-state index is 13.4. The van der Waals surface area contributed by atoms with Crippen LogP contribution in [-0.4, -0.2) is 6.66 Å². The van der Waals surface area contributed by atoms with Crippen LogP contribution in [0.2, 0.25) is 0 Å². The van der Waals surface area contributed by atoms with Crippen molar-refractivity contribution in [2.24, 2.45) is 0 Å². The van der Waals surface area contributed by atoms with Gasteiger partial charge in [-0.05, 0) is 60.1 Å². The normalized spacial score (nSPS) is 11.5. The molecule has 0 saturated heterocycles. The number of rotatable bonds is 12. The Morgan fingerprint density at radius 2 is 1.03 bits per heavy atom. The largest absolute Gasteiger partial charge is 0.427 e. The van der Waals surface area contributed by atoms with E-state index in [-0.39, 0.29) is 0 Å². The van der Waals surface area contributed by atoms with Gasteiger partial charge in [0.1, 0.15) is 11.5 Å². The summed E-state index contributed by atoms with van der Waals surface area (Å²) < 4.78 is 25.4. The topological polar surface area (TPSA) is 35.5 Å². The molecule has 0 aromatic heterocycles. The molecule has 0 saturated carbocycles. The van der Waals surface area contributed by atoms with E-state index < -0.39 is 7.60 Å². The van der Waals surface area contributed by atoms with Crippen LogP contribution in [0.25, 0.3) is 0 Å². The molecule has 0 N–H and O–H groups in total. The minimum Gasteiger partial charge on any atom is -0.416 e. The molecular formula is C25H37O3P. The van der Waals surface area contributed by atoms with Gasteiger partial charge >= 0.3 is 7.60 Å². The first-order valence-electron chi connectivity index (χ1n) is 11.1. The zero-order valence-electron chi connectivity index (χ0n) is 18.8. The summed E-state index contributed by atoms with van der Waals surface area (Å²) in [6.45, 7) is 10.2. The third kappa shape index (κ3) is 6.64. The summed E-state index contributed by atoms with van der Waals surface area (Å²) in [5.74, 6) is 1.40. The van der Waals surface area contributed by atoms with Crippen molar-refractivity contribution in [3.63, 3.8) is 0 Å². The van der Waals surface area contributed by atoms with Crippen LogP contribution in [0.3, 0.4) is 0 Å². The molecule has 0 atom stereocenters. The first-order chi connectivity index (χ1) is 14.0. The second-order valence-electron chi connectivity index (χ2n) is 7.74. The summed E-state index contributed by atoms with van der Waals surface area (Å²) in [5.41, 5.74) is 4.89. The second-order valence-corrected chi connectivity index (χ2v) is 9.65. The van der Waals surface area contributed by atoms with Gasteiger partial charge in [-0.2, -0.15) is 0 Å². The second kappa shape index (κ2) is 11.5. The Balaban J connectivity index is 2.33. The SMILES string of the molecule is CCCc1cccc(OP(C)(=O)Oc2cccc(CCC)c2CCC)c1CCC. The lowest BCUT2D eigenvalue weighted by atomic mass is 9.99. The molecule has 4 heteroatoms. The molecule has 0 aliphatic carbocycles. The summed E-state index contributed by atoms with van der Waals surface area (Å²) in [6, 6.07) is 12.1.